The summed E-state index contributed by atoms with van der Waals surface area (Å²) in [7, 11) is -2.37. The Balaban J connectivity index is 1.56. The van der Waals surface area contributed by atoms with Crippen molar-refractivity contribution in [3.63, 3.8) is 0 Å². The van der Waals surface area contributed by atoms with Crippen LogP contribution in [-0.2, 0) is 16.1 Å². The third-order valence-corrected chi connectivity index (χ3v) is 7.23. The van der Waals surface area contributed by atoms with Crippen LogP contribution >= 0.6 is 0 Å². The smallest absolute Gasteiger partial charge is 0.408 e. The third-order valence-electron chi connectivity index (χ3n) is 5.97. The van der Waals surface area contributed by atoms with Gasteiger partial charge >= 0.3 is 5.76 Å². The summed E-state index contributed by atoms with van der Waals surface area (Å²) in [6, 6.07) is 14.5. The summed E-state index contributed by atoms with van der Waals surface area (Å²) < 4.78 is 19.4. The highest BCUT2D eigenvalue weighted by Gasteiger charge is 2.29. The summed E-state index contributed by atoms with van der Waals surface area (Å²) in [5.41, 5.74) is 4.82. The number of hydrogen-bond acceptors (Lipinski definition) is 4. The fraction of sp³-hybridized carbons (Fsp3) is 0.304. The van der Waals surface area contributed by atoms with Gasteiger partial charge in [-0.1, -0.05) is 30.3 Å². The number of aromatic nitrogens is 1. The summed E-state index contributed by atoms with van der Waals surface area (Å²) >= 11 is 0. The Morgan fingerprint density at radius 1 is 1.24 bits per heavy atom. The van der Waals surface area contributed by atoms with Crippen molar-refractivity contribution in [1.29, 1.82) is 0 Å². The Morgan fingerprint density at radius 2 is 2.07 bits per heavy atom. The molecule has 5 nitrogen and oxygen atoms in total. The summed E-state index contributed by atoms with van der Waals surface area (Å²) in [6.07, 6.45) is 7.36. The normalized spacial score (nSPS) is 23.1. The molecule has 1 saturated heterocycles. The van der Waals surface area contributed by atoms with Crippen molar-refractivity contribution in [3.8, 4) is 0 Å². The van der Waals surface area contributed by atoms with E-state index >= 15 is 0 Å². The first-order valence-corrected chi connectivity index (χ1v) is 12.0. The maximum atomic E-state index is 12.6. The van der Waals surface area contributed by atoms with E-state index in [0.29, 0.717) is 34.6 Å². The minimum Gasteiger partial charge on any atom is -0.408 e. The van der Waals surface area contributed by atoms with Crippen molar-refractivity contribution in [2.75, 3.05) is 6.26 Å². The van der Waals surface area contributed by atoms with Gasteiger partial charge in [-0.05, 0) is 69.6 Å². The first-order valence-electron chi connectivity index (χ1n) is 9.89. The lowest BCUT2D eigenvalue weighted by molar-refractivity contribution is 0.517. The van der Waals surface area contributed by atoms with E-state index in [-0.39, 0.29) is 0 Å². The Kier molecular flexibility index (Phi) is 4.29. The monoisotopic (exact) mass is 408 g/mol. The number of benzene rings is 2. The molecule has 2 bridgehead atoms. The number of fused-ring (bicyclic) bond motifs is 3. The molecular formula is C23H24N2O3S. The molecule has 3 aromatic rings. The van der Waals surface area contributed by atoms with Crippen molar-refractivity contribution >= 4 is 32.1 Å². The molecule has 2 aromatic carbocycles. The lowest BCUT2D eigenvalue weighted by atomic mass is 9.92. The lowest BCUT2D eigenvalue weighted by Crippen LogP contribution is -2.32. The molecule has 3 heterocycles. The van der Waals surface area contributed by atoms with Crippen LogP contribution in [0.4, 0.5) is 0 Å². The molecule has 3 unspecified atom stereocenters. The van der Waals surface area contributed by atoms with Crippen LogP contribution in [0.2, 0.25) is 0 Å². The molecule has 0 amide bonds. The molecule has 1 N–H and O–H groups in total. The van der Waals surface area contributed by atoms with Gasteiger partial charge in [0.1, 0.15) is 0 Å². The van der Waals surface area contributed by atoms with Gasteiger partial charge in [0, 0.05) is 23.2 Å². The number of rotatable bonds is 4. The van der Waals surface area contributed by atoms with Gasteiger partial charge in [-0.3, -0.25) is 8.78 Å². The topological polar surface area (TPSA) is 64.2 Å². The van der Waals surface area contributed by atoms with Crippen molar-refractivity contribution in [1.82, 2.24) is 9.88 Å². The quantitative estimate of drug-likeness (QED) is 0.673. The molecule has 29 heavy (non-hydrogen) atoms. The van der Waals surface area contributed by atoms with E-state index in [0.717, 1.165) is 12.0 Å². The van der Waals surface area contributed by atoms with Gasteiger partial charge in [0.25, 0.3) is 0 Å². The molecule has 3 atom stereocenters. The predicted octanol–water partition coefficient (Wildman–Crippen LogP) is 3.26. The van der Waals surface area contributed by atoms with Crippen molar-refractivity contribution in [2.45, 2.75) is 42.8 Å². The maximum absolute atomic E-state index is 12.6. The molecule has 2 aliphatic heterocycles. The van der Waals surface area contributed by atoms with E-state index in [2.05, 4.69) is 35.5 Å². The Morgan fingerprint density at radius 3 is 2.86 bits per heavy atom. The average Bonchev–Trinajstić information content (AvgIpc) is 3.19. The van der Waals surface area contributed by atoms with Crippen LogP contribution in [0.15, 0.2) is 62.6 Å². The second kappa shape index (κ2) is 6.75. The molecule has 0 saturated carbocycles. The van der Waals surface area contributed by atoms with Crippen LogP contribution in [0, 0.1) is 0 Å². The largest absolute Gasteiger partial charge is 0.420 e. The fourth-order valence-electron chi connectivity index (χ4n) is 4.53. The fourth-order valence-corrected chi connectivity index (χ4v) is 5.24. The molecule has 0 spiro atoms. The van der Waals surface area contributed by atoms with Crippen molar-refractivity contribution < 1.29 is 8.63 Å². The highest BCUT2D eigenvalue weighted by Crippen LogP contribution is 2.33. The van der Waals surface area contributed by atoms with Gasteiger partial charge in [0.2, 0.25) is 0 Å². The summed E-state index contributed by atoms with van der Waals surface area (Å²) in [5, 5.41) is 3.63. The Labute approximate surface area is 170 Å². The highest BCUT2D eigenvalue weighted by molar-refractivity contribution is 7.99. The SMILES string of the molecule is C=S(C)(=O)c1ccc2c(c1)oc(=O)n2Cc1ccccc1C1=CC2CCC(C1)N2. The number of nitrogens with zero attached hydrogens (tertiary/aromatic N) is 1. The zero-order chi connectivity index (χ0) is 20.2. The van der Waals surface area contributed by atoms with Gasteiger partial charge < -0.3 is 9.73 Å². The maximum Gasteiger partial charge on any atom is 0.420 e. The molecule has 0 radical (unpaired) electrons. The predicted molar refractivity (Wildman–Crippen MR) is 118 cm³/mol. The Bertz CT molecular complexity index is 1300. The van der Waals surface area contributed by atoms with Gasteiger partial charge in [-0.25, -0.2) is 4.79 Å². The summed E-state index contributed by atoms with van der Waals surface area (Å²) in [6.45, 7) is 0.438. The minimum absolute atomic E-state index is 0.405. The van der Waals surface area contributed by atoms with E-state index in [4.69, 9.17) is 4.42 Å². The van der Waals surface area contributed by atoms with E-state index < -0.39 is 15.3 Å². The van der Waals surface area contributed by atoms with Gasteiger partial charge in [-0.15, -0.1) is 0 Å². The van der Waals surface area contributed by atoms with E-state index in [1.807, 2.05) is 6.07 Å². The number of oxazole rings is 1. The van der Waals surface area contributed by atoms with Crippen molar-refractivity contribution in [3.05, 3.63) is 70.2 Å². The van der Waals surface area contributed by atoms with Crippen LogP contribution in [0.25, 0.3) is 16.7 Å². The summed E-state index contributed by atoms with van der Waals surface area (Å²) in [4.78, 5) is 13.2. The van der Waals surface area contributed by atoms with Crippen LogP contribution in [0.1, 0.15) is 30.4 Å². The second-order valence-corrected chi connectivity index (χ2v) is 10.7. The highest BCUT2D eigenvalue weighted by atomic mass is 32.2. The minimum atomic E-state index is -2.37. The van der Waals surface area contributed by atoms with E-state index in [1.54, 1.807) is 29.0 Å². The zero-order valence-electron chi connectivity index (χ0n) is 16.4. The number of hydrogen-bond donors (Lipinski definition) is 1. The van der Waals surface area contributed by atoms with Gasteiger partial charge in [0.15, 0.2) is 5.58 Å². The molecular weight excluding hydrogens is 384 g/mol. The third kappa shape index (κ3) is 3.36. The first-order chi connectivity index (χ1) is 13.9. The number of nitrogens with one attached hydrogen (secondary N) is 1. The van der Waals surface area contributed by atoms with Crippen LogP contribution < -0.4 is 11.1 Å². The van der Waals surface area contributed by atoms with E-state index in [9.17, 15) is 9.00 Å². The van der Waals surface area contributed by atoms with Crippen molar-refractivity contribution in [2.24, 2.45) is 0 Å². The molecule has 5 rings (SSSR count). The van der Waals surface area contributed by atoms with Crippen LogP contribution in [-0.4, -0.2) is 33.0 Å². The molecule has 0 aliphatic carbocycles. The molecule has 1 fully saturated rings. The standard InChI is InChI=1S/C23H24N2O3S/c1-29(2,27)19-9-10-21-22(13-19)28-23(26)25(21)14-15-5-3-4-6-20(15)16-11-17-7-8-18(12-16)24-17/h3-6,9-11,13,17-18,24H,1,7-8,12,14H2,2H3. The van der Waals surface area contributed by atoms with Crippen LogP contribution in [0.3, 0.4) is 0 Å². The van der Waals surface area contributed by atoms with Gasteiger partial charge in [-0.2, -0.15) is 0 Å². The van der Waals surface area contributed by atoms with Gasteiger partial charge in [0.05, 0.1) is 12.1 Å². The average molecular weight is 409 g/mol. The van der Waals surface area contributed by atoms with E-state index in [1.165, 1.54) is 24.0 Å². The molecule has 6 heteroatoms. The lowest BCUT2D eigenvalue weighted by Gasteiger charge is -2.23. The Hall–Kier alpha value is -2.57. The molecule has 150 valence electrons. The second-order valence-electron chi connectivity index (χ2n) is 8.19. The summed E-state index contributed by atoms with van der Waals surface area (Å²) in [5.74, 6) is 3.31. The van der Waals surface area contributed by atoms with Crippen LogP contribution in [0.5, 0.6) is 0 Å². The first kappa shape index (κ1) is 18.5. The molecule has 2 aliphatic rings. The molecule has 1 aromatic heterocycles. The zero-order valence-corrected chi connectivity index (χ0v) is 17.2.